The van der Waals surface area contributed by atoms with Crippen LogP contribution in [0.25, 0.3) is 0 Å². The van der Waals surface area contributed by atoms with Crippen LogP contribution in [0.5, 0.6) is 5.75 Å². The Bertz CT molecular complexity index is 1170. The summed E-state index contributed by atoms with van der Waals surface area (Å²) >= 11 is 0. The van der Waals surface area contributed by atoms with Crippen molar-refractivity contribution in [1.29, 1.82) is 0 Å². The van der Waals surface area contributed by atoms with Crippen LogP contribution in [-0.4, -0.2) is 67.0 Å². The van der Waals surface area contributed by atoms with Gasteiger partial charge in [0.15, 0.2) is 5.82 Å². The summed E-state index contributed by atoms with van der Waals surface area (Å²) < 4.78 is 35.1. The number of carbonyl (C=O) groups excluding carboxylic acids is 2. The van der Waals surface area contributed by atoms with Crippen molar-refractivity contribution in [2.75, 3.05) is 42.4 Å². The Balaban J connectivity index is 1.62. The van der Waals surface area contributed by atoms with E-state index < -0.39 is 18.4 Å². The van der Waals surface area contributed by atoms with Gasteiger partial charge in [-0.2, -0.15) is 13.8 Å². The number of anilines is 4. The van der Waals surface area contributed by atoms with Gasteiger partial charge in [0, 0.05) is 24.7 Å². The van der Waals surface area contributed by atoms with Gasteiger partial charge in [0.05, 0.1) is 25.5 Å². The zero-order valence-electron chi connectivity index (χ0n) is 22.0. The zero-order valence-corrected chi connectivity index (χ0v) is 22.0. The summed E-state index contributed by atoms with van der Waals surface area (Å²) in [5.41, 5.74) is 6.77. The fourth-order valence-electron chi connectivity index (χ4n) is 5.01. The maximum Gasteiger partial charge on any atom is 0.342 e. The van der Waals surface area contributed by atoms with Crippen LogP contribution in [0.4, 0.5) is 31.9 Å². The molecule has 12 heteroatoms. The number of hydrogen-bond donors (Lipinski definition) is 3. The van der Waals surface area contributed by atoms with Crippen LogP contribution < -0.4 is 30.9 Å². The average molecular weight is 532 g/mol. The van der Waals surface area contributed by atoms with Crippen LogP contribution in [-0.2, 0) is 4.79 Å². The smallest absolute Gasteiger partial charge is 0.342 e. The second-order valence-corrected chi connectivity index (χ2v) is 9.73. The van der Waals surface area contributed by atoms with Crippen molar-refractivity contribution in [2.24, 2.45) is 5.73 Å². The second-order valence-electron chi connectivity index (χ2n) is 9.73. The number of nitrogens with one attached hydrogen (secondary N) is 2. The number of fused-ring (bicyclic) bond motifs is 1. The molecule has 1 aromatic carbocycles. The number of hydrogen-bond acceptors (Lipinski definition) is 8. The number of halogens is 2. The molecule has 1 saturated carbocycles. The lowest BCUT2D eigenvalue weighted by atomic mass is 10.1. The lowest BCUT2D eigenvalue weighted by molar-refractivity contribution is -0.140. The number of benzene rings is 1. The highest BCUT2D eigenvalue weighted by Gasteiger charge is 2.48. The number of alkyl halides is 2. The van der Waals surface area contributed by atoms with Gasteiger partial charge in [0.2, 0.25) is 5.95 Å². The van der Waals surface area contributed by atoms with Gasteiger partial charge in [-0.25, -0.2) is 4.98 Å². The van der Waals surface area contributed by atoms with E-state index in [-0.39, 0.29) is 35.4 Å². The molecule has 2 aliphatic rings. The molecule has 1 aliphatic heterocycles. The Kier molecular flexibility index (Phi) is 8.29. The second kappa shape index (κ2) is 11.5. The molecular weight excluding hydrogens is 496 g/mol. The topological polar surface area (TPSA) is 126 Å². The summed E-state index contributed by atoms with van der Waals surface area (Å²) in [5, 5.41) is 6.05. The predicted octanol–water partition coefficient (Wildman–Crippen LogP) is 3.45. The molecule has 0 bridgehead atoms. The van der Waals surface area contributed by atoms with E-state index in [0.29, 0.717) is 30.0 Å². The third-order valence-electron chi connectivity index (χ3n) is 7.19. The molecule has 10 nitrogen and oxygen atoms in total. The summed E-state index contributed by atoms with van der Waals surface area (Å²) in [6.07, 6.45) is 6.19. The van der Waals surface area contributed by atoms with Gasteiger partial charge in [0.25, 0.3) is 11.8 Å². The standard InChI is InChI=1S/C26H35F2N7O3/c1-4-17(11-12-29)31-23(36)16-9-10-19(21(13-16)38-3)32-25-30-14-20-22(33-25)35(18-7-5-6-8-18)15-26(27,28)24(37)34(20)2/h9-10,13-14,17-18H,4-8,11-12,15,29H2,1-3H3,(H,31,36)(H,30,32,33). The summed E-state index contributed by atoms with van der Waals surface area (Å²) in [7, 11) is 2.79. The minimum atomic E-state index is -3.55. The first-order chi connectivity index (χ1) is 18.2. The molecule has 2 heterocycles. The third kappa shape index (κ3) is 5.64. The average Bonchev–Trinajstić information content (AvgIpc) is 3.43. The van der Waals surface area contributed by atoms with Crippen LogP contribution in [0.3, 0.4) is 0 Å². The first-order valence-electron chi connectivity index (χ1n) is 12.9. The van der Waals surface area contributed by atoms with E-state index in [4.69, 9.17) is 10.5 Å². The summed E-state index contributed by atoms with van der Waals surface area (Å²) in [6.45, 7) is 1.73. The lowest BCUT2D eigenvalue weighted by Crippen LogP contribution is -2.48. The highest BCUT2D eigenvalue weighted by molar-refractivity contribution is 6.02. The summed E-state index contributed by atoms with van der Waals surface area (Å²) in [5.74, 6) is -4.25. The number of nitrogens with two attached hydrogens (primary N) is 1. The largest absolute Gasteiger partial charge is 0.495 e. The molecular formula is C26H35F2N7O3. The molecule has 4 N–H and O–H groups in total. The number of amides is 2. The van der Waals surface area contributed by atoms with E-state index in [2.05, 4.69) is 20.6 Å². The SMILES string of the molecule is CCC(CCN)NC(=O)c1ccc(Nc2ncc3c(n2)N(C2CCCC2)CC(F)(F)C(=O)N3C)c(OC)c1. The van der Waals surface area contributed by atoms with Crippen molar-refractivity contribution in [1.82, 2.24) is 15.3 Å². The van der Waals surface area contributed by atoms with Crippen LogP contribution in [0.2, 0.25) is 0 Å². The predicted molar refractivity (Wildman–Crippen MR) is 141 cm³/mol. The molecule has 2 aromatic rings. The van der Waals surface area contributed by atoms with Gasteiger partial charge in [-0.1, -0.05) is 19.8 Å². The van der Waals surface area contributed by atoms with Crippen molar-refractivity contribution in [3.05, 3.63) is 30.0 Å². The normalized spacial score (nSPS) is 18.1. The minimum absolute atomic E-state index is 0.0236. The van der Waals surface area contributed by atoms with Crippen LogP contribution >= 0.6 is 0 Å². The molecule has 1 atom stereocenters. The molecule has 2 amide bonds. The molecule has 1 aromatic heterocycles. The van der Waals surface area contributed by atoms with E-state index in [0.717, 1.165) is 37.0 Å². The van der Waals surface area contributed by atoms with E-state index in [9.17, 15) is 18.4 Å². The van der Waals surface area contributed by atoms with Gasteiger partial charge in [-0.15, -0.1) is 0 Å². The first-order valence-corrected chi connectivity index (χ1v) is 12.9. The monoisotopic (exact) mass is 531 g/mol. The van der Waals surface area contributed by atoms with Crippen molar-refractivity contribution >= 4 is 35.0 Å². The molecule has 1 unspecified atom stereocenters. The molecule has 0 radical (unpaired) electrons. The van der Waals surface area contributed by atoms with Crippen molar-refractivity contribution < 1.29 is 23.1 Å². The Morgan fingerprint density at radius 1 is 1.32 bits per heavy atom. The zero-order chi connectivity index (χ0) is 27.4. The lowest BCUT2D eigenvalue weighted by Gasteiger charge is -2.31. The fourth-order valence-corrected chi connectivity index (χ4v) is 5.01. The van der Waals surface area contributed by atoms with E-state index in [1.54, 1.807) is 23.1 Å². The van der Waals surface area contributed by atoms with Crippen molar-refractivity contribution in [3.8, 4) is 5.75 Å². The van der Waals surface area contributed by atoms with E-state index in [1.807, 2.05) is 6.92 Å². The van der Waals surface area contributed by atoms with Crippen molar-refractivity contribution in [2.45, 2.75) is 63.5 Å². The fraction of sp³-hybridized carbons (Fsp3) is 0.538. The highest BCUT2D eigenvalue weighted by atomic mass is 19.3. The number of methoxy groups -OCH3 is 1. The van der Waals surface area contributed by atoms with E-state index in [1.165, 1.54) is 20.4 Å². The number of aromatic nitrogens is 2. The number of ether oxygens (including phenoxy) is 1. The minimum Gasteiger partial charge on any atom is -0.495 e. The molecule has 38 heavy (non-hydrogen) atoms. The summed E-state index contributed by atoms with van der Waals surface area (Å²) in [6, 6.07) is 4.76. The number of rotatable bonds is 9. The number of nitrogens with zero attached hydrogens (tertiary/aromatic N) is 4. The maximum absolute atomic E-state index is 14.8. The Morgan fingerprint density at radius 3 is 2.71 bits per heavy atom. The molecule has 4 rings (SSSR count). The van der Waals surface area contributed by atoms with E-state index >= 15 is 0 Å². The van der Waals surface area contributed by atoms with Crippen molar-refractivity contribution in [3.63, 3.8) is 0 Å². The third-order valence-corrected chi connectivity index (χ3v) is 7.19. The van der Waals surface area contributed by atoms with Gasteiger partial charge >= 0.3 is 5.92 Å². The Morgan fingerprint density at radius 2 is 2.05 bits per heavy atom. The Labute approximate surface area is 220 Å². The Hall–Kier alpha value is -3.54. The van der Waals surface area contributed by atoms with Crippen LogP contribution in [0.1, 0.15) is 55.8 Å². The van der Waals surface area contributed by atoms with Crippen LogP contribution in [0, 0.1) is 0 Å². The van der Waals surface area contributed by atoms with Gasteiger partial charge in [0.1, 0.15) is 11.4 Å². The molecule has 1 aliphatic carbocycles. The molecule has 0 spiro atoms. The quantitative estimate of drug-likeness (QED) is 0.449. The van der Waals surface area contributed by atoms with Gasteiger partial charge < -0.3 is 30.9 Å². The number of carbonyl (C=O) groups is 2. The van der Waals surface area contributed by atoms with Crippen LogP contribution in [0.15, 0.2) is 24.4 Å². The summed E-state index contributed by atoms with van der Waals surface area (Å²) in [4.78, 5) is 36.6. The van der Waals surface area contributed by atoms with Gasteiger partial charge in [-0.3, -0.25) is 9.59 Å². The highest BCUT2D eigenvalue weighted by Crippen LogP contribution is 2.40. The molecule has 0 saturated heterocycles. The van der Waals surface area contributed by atoms with Gasteiger partial charge in [-0.05, 0) is 50.4 Å². The molecule has 1 fully saturated rings. The maximum atomic E-state index is 14.8. The first kappa shape index (κ1) is 27.5. The molecule has 206 valence electrons.